The summed E-state index contributed by atoms with van der Waals surface area (Å²) in [5.74, 6) is -1.02. The number of allylic oxidation sites excluding steroid dienone is 2. The van der Waals surface area contributed by atoms with Crippen LogP contribution in [0.15, 0.2) is 42.2 Å². The van der Waals surface area contributed by atoms with E-state index in [2.05, 4.69) is 0 Å². The van der Waals surface area contributed by atoms with Crippen LogP contribution < -0.4 is 43.9 Å². The summed E-state index contributed by atoms with van der Waals surface area (Å²) >= 11 is 12.0. The SMILES string of the molecule is CCN1/C(=C\C=C\c2n(CC)c3cc(Cl)c(C(F)(F)F)cc3[n+]2CCCS(=O)(=O)[O-])N(CCCS(=O)(=O)[O-])c2cc(C(F)(F)F)c(Cl)cc21.[Na+]. The van der Waals surface area contributed by atoms with Crippen LogP contribution in [0, 0.1) is 0 Å². The number of anilines is 2. The molecule has 0 saturated heterocycles. The number of aryl methyl sites for hydroxylation is 2. The van der Waals surface area contributed by atoms with Gasteiger partial charge in [-0.2, -0.15) is 26.3 Å². The van der Waals surface area contributed by atoms with Gasteiger partial charge in [-0.05, 0) is 44.9 Å². The van der Waals surface area contributed by atoms with Gasteiger partial charge in [0.25, 0.3) is 5.82 Å². The molecule has 0 spiro atoms. The van der Waals surface area contributed by atoms with Crippen molar-refractivity contribution in [2.45, 2.75) is 52.1 Å². The molecule has 0 amide bonds. The molecule has 270 valence electrons. The van der Waals surface area contributed by atoms with E-state index in [0.717, 1.165) is 24.3 Å². The maximum Gasteiger partial charge on any atom is 1.00 e. The van der Waals surface area contributed by atoms with Crippen LogP contribution >= 0.6 is 23.2 Å². The van der Waals surface area contributed by atoms with E-state index in [1.807, 2.05) is 0 Å². The average Bonchev–Trinajstić information content (AvgIpc) is 3.39. The Labute approximate surface area is 316 Å². The zero-order chi connectivity index (χ0) is 36.7. The molecule has 0 saturated carbocycles. The molecule has 1 aliphatic heterocycles. The Morgan fingerprint density at radius 1 is 0.800 bits per heavy atom. The minimum Gasteiger partial charge on any atom is -0.748 e. The molecular weight excluding hydrogens is 772 g/mol. The first-order valence-corrected chi connectivity index (χ1v) is 18.5. The third-order valence-corrected chi connectivity index (χ3v) is 9.89. The predicted octanol–water partition coefficient (Wildman–Crippen LogP) is 3.37. The number of benzene rings is 2. The molecule has 0 fully saturated rings. The van der Waals surface area contributed by atoms with Gasteiger partial charge in [-0.3, -0.25) is 0 Å². The fraction of sp³-hybridized carbons (Fsp3) is 0.414. The molecule has 50 heavy (non-hydrogen) atoms. The van der Waals surface area contributed by atoms with Crippen molar-refractivity contribution in [3.05, 3.63) is 69.2 Å². The van der Waals surface area contributed by atoms with Gasteiger partial charge in [0.15, 0.2) is 11.0 Å². The van der Waals surface area contributed by atoms with Crippen molar-refractivity contribution in [1.29, 1.82) is 0 Å². The summed E-state index contributed by atoms with van der Waals surface area (Å²) in [6.07, 6.45) is -5.68. The molecule has 2 heterocycles. The first kappa shape index (κ1) is 42.4. The number of nitrogens with zero attached hydrogens (tertiary/aromatic N) is 4. The molecule has 10 nitrogen and oxygen atoms in total. The molecule has 1 aliphatic rings. The fourth-order valence-electron chi connectivity index (χ4n) is 5.70. The van der Waals surface area contributed by atoms with Crippen LogP contribution in [-0.4, -0.2) is 55.1 Å². The predicted molar refractivity (Wildman–Crippen MR) is 170 cm³/mol. The summed E-state index contributed by atoms with van der Waals surface area (Å²) in [6.45, 7) is 3.47. The first-order valence-electron chi connectivity index (χ1n) is 14.6. The number of halogens is 8. The van der Waals surface area contributed by atoms with E-state index in [4.69, 9.17) is 23.2 Å². The number of rotatable bonds is 12. The van der Waals surface area contributed by atoms with Crippen molar-refractivity contribution in [2.75, 3.05) is 34.4 Å². The van der Waals surface area contributed by atoms with Crippen molar-refractivity contribution < 1.29 is 86.4 Å². The summed E-state index contributed by atoms with van der Waals surface area (Å²) in [7, 11) is -9.29. The minimum absolute atomic E-state index is 0. The van der Waals surface area contributed by atoms with Crippen LogP contribution in [0.4, 0.5) is 37.7 Å². The third kappa shape index (κ3) is 9.69. The summed E-state index contributed by atoms with van der Waals surface area (Å²) in [6, 6.07) is 3.90. The van der Waals surface area contributed by atoms with Crippen LogP contribution in [0.1, 0.15) is 43.6 Å². The quantitative estimate of drug-likeness (QED) is 0.118. The molecule has 0 aliphatic carbocycles. The van der Waals surface area contributed by atoms with E-state index in [0.29, 0.717) is 0 Å². The molecule has 0 N–H and O–H groups in total. The van der Waals surface area contributed by atoms with E-state index in [1.54, 1.807) is 23.3 Å². The Morgan fingerprint density at radius 2 is 1.34 bits per heavy atom. The van der Waals surface area contributed by atoms with Gasteiger partial charge < -0.3 is 18.9 Å². The maximum absolute atomic E-state index is 13.8. The van der Waals surface area contributed by atoms with Crippen molar-refractivity contribution in [1.82, 2.24) is 4.57 Å². The van der Waals surface area contributed by atoms with Gasteiger partial charge in [-0.1, -0.05) is 29.3 Å². The molecule has 0 bridgehead atoms. The summed E-state index contributed by atoms with van der Waals surface area (Å²) in [5, 5.41) is -1.15. The summed E-state index contributed by atoms with van der Waals surface area (Å²) in [4.78, 5) is 3.01. The topological polar surface area (TPSA) is 130 Å². The molecule has 0 radical (unpaired) electrons. The van der Waals surface area contributed by atoms with Crippen LogP contribution in [0.5, 0.6) is 0 Å². The second-order valence-corrected chi connectivity index (χ2v) is 14.8. The molecule has 1 aromatic heterocycles. The number of hydrogen-bond acceptors (Lipinski definition) is 8. The number of fused-ring (bicyclic) bond motifs is 2. The Hall–Kier alpha value is -2.03. The Balaban J connectivity index is 0.00000676. The van der Waals surface area contributed by atoms with Crippen LogP contribution in [0.25, 0.3) is 17.1 Å². The number of alkyl halides is 6. The second kappa shape index (κ2) is 15.9. The number of aromatic nitrogens is 2. The van der Waals surface area contributed by atoms with Crippen molar-refractivity contribution in [2.24, 2.45) is 0 Å². The monoisotopic (exact) mass is 800 g/mol. The van der Waals surface area contributed by atoms with Gasteiger partial charge >= 0.3 is 41.9 Å². The van der Waals surface area contributed by atoms with Crippen LogP contribution in [0.3, 0.4) is 0 Å². The minimum atomic E-state index is -4.82. The normalized spacial score (nSPS) is 15.1. The molecule has 0 atom stereocenters. The van der Waals surface area contributed by atoms with Gasteiger partial charge in [0.05, 0.1) is 65.9 Å². The number of hydrogen-bond donors (Lipinski definition) is 0. The van der Waals surface area contributed by atoms with Gasteiger partial charge in [-0.25, -0.2) is 26.0 Å². The second-order valence-electron chi connectivity index (χ2n) is 10.9. The third-order valence-electron chi connectivity index (χ3n) is 7.68. The van der Waals surface area contributed by atoms with Crippen molar-refractivity contribution in [3.8, 4) is 0 Å². The Kier molecular flexibility index (Phi) is 13.5. The average molecular weight is 802 g/mol. The zero-order valence-electron chi connectivity index (χ0n) is 26.8. The molecule has 4 rings (SSSR count). The zero-order valence-corrected chi connectivity index (χ0v) is 31.9. The smallest absolute Gasteiger partial charge is 0.748 e. The van der Waals surface area contributed by atoms with E-state index >= 15 is 0 Å². The fourth-order valence-corrected chi connectivity index (χ4v) is 7.20. The van der Waals surface area contributed by atoms with Crippen LogP contribution in [-0.2, 0) is 45.7 Å². The Morgan fingerprint density at radius 3 is 1.88 bits per heavy atom. The molecule has 3 aromatic rings. The van der Waals surface area contributed by atoms with Gasteiger partial charge in [-0.15, -0.1) is 0 Å². The standard InChI is InChI=1S/C29H30Cl2F6N4O6S2.Na/c1-3-38-24-16-20(30)18(28(32,33)34)14-22(24)40(10-6-12-48(42,43)44)26(38)8-5-9-27-39(4-2)25-17-21(31)19(29(35,36)37)15-23(25)41(27)11-7-13-49(45,46)47;/h5,8-9,14-17H,3-4,6-7,10-13H2,1-2H3,(H-,42,43,44,45,46,47);/q;+1/p-1. The van der Waals surface area contributed by atoms with Crippen molar-refractivity contribution in [3.63, 3.8) is 0 Å². The van der Waals surface area contributed by atoms with E-state index in [1.165, 1.54) is 27.7 Å². The first-order chi connectivity index (χ1) is 22.6. The summed E-state index contributed by atoms with van der Waals surface area (Å²) in [5.41, 5.74) is -1.62. The molecule has 2 aromatic carbocycles. The van der Waals surface area contributed by atoms with E-state index in [9.17, 15) is 52.3 Å². The van der Waals surface area contributed by atoms with E-state index < -0.39 is 65.3 Å². The molecule has 0 unspecified atom stereocenters. The Bertz CT molecular complexity index is 2040. The molecule has 21 heteroatoms. The van der Waals surface area contributed by atoms with Gasteiger partial charge in [0.2, 0.25) is 0 Å². The van der Waals surface area contributed by atoms with E-state index in [-0.39, 0.29) is 103 Å². The largest absolute Gasteiger partial charge is 1.00 e. The van der Waals surface area contributed by atoms with Gasteiger partial charge in [0, 0.05) is 42.8 Å². The van der Waals surface area contributed by atoms with Crippen molar-refractivity contribution >= 4 is 71.9 Å². The summed E-state index contributed by atoms with van der Waals surface area (Å²) < 4.78 is 154. The van der Waals surface area contributed by atoms with Crippen LogP contribution in [0.2, 0.25) is 10.0 Å². The maximum atomic E-state index is 13.8. The van der Waals surface area contributed by atoms with Gasteiger partial charge in [0.1, 0.15) is 5.82 Å². The number of imidazole rings is 1. The molecular formula is C29H29Cl2F6N4NaO6S2.